The van der Waals surface area contributed by atoms with Crippen molar-refractivity contribution in [1.29, 1.82) is 0 Å². The van der Waals surface area contributed by atoms with Crippen LogP contribution in [-0.4, -0.2) is 209 Å². The van der Waals surface area contributed by atoms with E-state index in [-0.39, 0.29) is 139 Å². The number of carbonyl (C=O) groups excluding carboxylic acids is 13. The average molecular weight is 1210 g/mol. The van der Waals surface area contributed by atoms with Gasteiger partial charge in [-0.15, -0.1) is 0 Å². The molecular formula is C60H82N4O22. The number of ether oxygens (including phenoxy) is 9. The van der Waals surface area contributed by atoms with Crippen molar-refractivity contribution in [3.63, 3.8) is 0 Å². The highest BCUT2D eigenvalue weighted by Gasteiger charge is 2.35. The maximum Gasteiger partial charge on any atom is 0.333 e. The van der Waals surface area contributed by atoms with E-state index in [2.05, 4.69) is 31.2 Å². The van der Waals surface area contributed by atoms with Crippen molar-refractivity contribution in [3.8, 4) is 0 Å². The Morgan fingerprint density at radius 2 is 0.756 bits per heavy atom. The van der Waals surface area contributed by atoms with Crippen LogP contribution in [0, 0.1) is 0 Å². The molecule has 26 nitrogen and oxygen atoms in total. The van der Waals surface area contributed by atoms with Crippen LogP contribution in [-0.2, 0) is 95.4 Å². The van der Waals surface area contributed by atoms with E-state index in [9.17, 15) is 62.3 Å². The van der Waals surface area contributed by atoms with Crippen LogP contribution in [0.3, 0.4) is 0 Å². The van der Waals surface area contributed by atoms with E-state index in [4.69, 9.17) is 42.6 Å². The molecule has 0 N–H and O–H groups in total. The number of likely N-dealkylation sites (tertiary alicyclic amines) is 2. The molecular weight excluding hydrogens is 1130 g/mol. The molecule has 5 amide bonds. The van der Waals surface area contributed by atoms with Crippen LogP contribution in [0.25, 0.3) is 0 Å². The Morgan fingerprint density at radius 3 is 1.09 bits per heavy atom. The van der Waals surface area contributed by atoms with Crippen LogP contribution in [0.5, 0.6) is 0 Å². The van der Waals surface area contributed by atoms with Crippen molar-refractivity contribution >= 4 is 77.3 Å². The van der Waals surface area contributed by atoms with Gasteiger partial charge in [-0.2, -0.15) is 0 Å². The molecule has 5 rings (SSSR count). The van der Waals surface area contributed by atoms with E-state index < -0.39 is 35.8 Å². The summed E-state index contributed by atoms with van der Waals surface area (Å²) in [7, 11) is 0. The van der Waals surface area contributed by atoms with Crippen molar-refractivity contribution in [2.45, 2.75) is 105 Å². The third kappa shape index (κ3) is 30.4. The molecule has 0 unspecified atom stereocenters. The lowest BCUT2D eigenvalue weighted by molar-refractivity contribution is -0.148. The van der Waals surface area contributed by atoms with Crippen LogP contribution in [0.2, 0.25) is 0 Å². The summed E-state index contributed by atoms with van der Waals surface area (Å²) in [6.45, 7) is 26.4. The quantitative estimate of drug-likeness (QED) is 0.0322. The van der Waals surface area contributed by atoms with Gasteiger partial charge in [-0.05, 0) is 71.9 Å². The largest absolute Gasteiger partial charge is 0.464 e. The van der Waals surface area contributed by atoms with E-state index >= 15 is 0 Å². The average Bonchev–Trinajstić information content (AvgIpc) is 3.73. The molecule has 0 aliphatic carbocycles. The van der Waals surface area contributed by atoms with Crippen molar-refractivity contribution in [2.24, 2.45) is 0 Å². The van der Waals surface area contributed by atoms with Crippen LogP contribution < -0.4 is 0 Å². The van der Waals surface area contributed by atoms with Gasteiger partial charge in [0.2, 0.25) is 17.7 Å². The predicted octanol–water partition coefficient (Wildman–Crippen LogP) is 4.12. The molecule has 0 saturated carbocycles. The SMILES string of the molecule is C=C(C)C(=O)OCCCC(=O)OCCN1C(=O)CCC1=O.C=C(C)C(=O)OCCCC(=O)OCCN1C(=O)c2ccccc2C1=O.C=C(C)C(=O)OCCCC(=O)OCCN1CCCC1=O.C=C(C)C(=O)OCCCC(=O)OCCN1CCOCC1. The number of hydrogen-bond donors (Lipinski definition) is 0. The van der Waals surface area contributed by atoms with E-state index in [0.717, 1.165) is 55.6 Å². The fourth-order valence-electron chi connectivity index (χ4n) is 7.45. The molecule has 26 heteroatoms. The lowest BCUT2D eigenvalue weighted by Gasteiger charge is -2.26. The zero-order valence-corrected chi connectivity index (χ0v) is 49.9. The molecule has 0 atom stereocenters. The van der Waals surface area contributed by atoms with Gasteiger partial charge in [0.05, 0.1) is 70.4 Å². The third-order valence-corrected chi connectivity index (χ3v) is 12.2. The van der Waals surface area contributed by atoms with Gasteiger partial charge in [0.1, 0.15) is 26.4 Å². The monoisotopic (exact) mass is 1210 g/mol. The zero-order chi connectivity index (χ0) is 64.0. The Hall–Kier alpha value is -8.39. The number of hydrogen-bond acceptors (Lipinski definition) is 23. The van der Waals surface area contributed by atoms with Crippen LogP contribution >= 0.6 is 0 Å². The molecule has 0 radical (unpaired) electrons. The molecule has 1 aromatic carbocycles. The predicted molar refractivity (Wildman–Crippen MR) is 305 cm³/mol. The van der Waals surface area contributed by atoms with Gasteiger partial charge in [0.25, 0.3) is 11.8 Å². The number of morpholine rings is 1. The Balaban J connectivity index is 0.000000393. The number of amides is 5. The minimum Gasteiger partial charge on any atom is -0.464 e. The molecule has 86 heavy (non-hydrogen) atoms. The summed E-state index contributed by atoms with van der Waals surface area (Å²) in [6.07, 6.45) is 4.09. The van der Waals surface area contributed by atoms with E-state index in [1.807, 2.05) is 0 Å². The number of fused-ring (bicyclic) bond motifs is 1. The van der Waals surface area contributed by atoms with Gasteiger partial charge >= 0.3 is 47.8 Å². The smallest absolute Gasteiger partial charge is 0.333 e. The number of carbonyl (C=O) groups is 13. The molecule has 0 aromatic heterocycles. The first-order valence-corrected chi connectivity index (χ1v) is 28.2. The Labute approximate surface area is 501 Å². The number of nitrogens with zero attached hydrogens (tertiary/aromatic N) is 4. The van der Waals surface area contributed by atoms with Crippen LogP contribution in [0.1, 0.15) is 125 Å². The molecule has 3 fully saturated rings. The summed E-state index contributed by atoms with van der Waals surface area (Å²) in [5.41, 5.74) is 2.01. The first-order valence-electron chi connectivity index (χ1n) is 28.2. The Morgan fingerprint density at radius 1 is 0.419 bits per heavy atom. The molecule has 4 aliphatic heterocycles. The van der Waals surface area contributed by atoms with Crippen molar-refractivity contribution < 1.29 is 105 Å². The molecule has 1 aromatic rings. The Bertz CT molecular complexity index is 2540. The molecule has 0 bridgehead atoms. The molecule has 3 saturated heterocycles. The van der Waals surface area contributed by atoms with E-state index in [1.165, 1.54) is 13.8 Å². The van der Waals surface area contributed by atoms with Gasteiger partial charge < -0.3 is 47.5 Å². The maximum absolute atomic E-state index is 12.1. The summed E-state index contributed by atoms with van der Waals surface area (Å²) in [5.74, 6) is -4.54. The van der Waals surface area contributed by atoms with Crippen LogP contribution in [0.15, 0.2) is 72.9 Å². The van der Waals surface area contributed by atoms with E-state index in [0.29, 0.717) is 78.7 Å². The minimum absolute atomic E-state index is 0.00271. The fourth-order valence-corrected chi connectivity index (χ4v) is 7.45. The number of esters is 8. The highest BCUT2D eigenvalue weighted by Crippen LogP contribution is 2.22. The standard InChI is InChI=1S/C18H19NO6.C14H19NO6.C14H21NO5.C14H23NO5/c1-12(2)18(23)25-10-5-8-15(20)24-11-9-19-16(21)13-6-3-4-7-14(13)17(19)22;1-10(2)14(19)21-8-3-4-13(18)20-9-7-15-11(16)5-6-12(15)17;1-11(2)14(18)20-9-4-6-13(17)19-10-8-15-7-3-5-12(15)16;1-12(2)14(17)20-8-3-4-13(16)19-11-7-15-5-9-18-10-6-15/h3-4,6-7H,1,5,8-11H2,2H3;1,3-9H2,2H3;1,3-10H2,2H3;1,3-11H2,2H3. The molecule has 4 aliphatic rings. The Kier molecular flexibility index (Phi) is 35.7. The van der Waals surface area contributed by atoms with Gasteiger partial charge in [-0.25, -0.2) is 19.2 Å². The summed E-state index contributed by atoms with van der Waals surface area (Å²) in [4.78, 5) is 154. The molecule has 0 spiro atoms. The van der Waals surface area contributed by atoms with Gasteiger partial charge in [-0.1, -0.05) is 38.4 Å². The van der Waals surface area contributed by atoms with Crippen LogP contribution in [0.4, 0.5) is 0 Å². The highest BCUT2D eigenvalue weighted by atomic mass is 16.6. The van der Waals surface area contributed by atoms with Crippen molar-refractivity contribution in [1.82, 2.24) is 19.6 Å². The van der Waals surface area contributed by atoms with Crippen molar-refractivity contribution in [3.05, 3.63) is 84.0 Å². The number of rotatable bonds is 32. The number of imide groups is 2. The summed E-state index contributed by atoms with van der Waals surface area (Å²) < 4.78 is 44.7. The van der Waals surface area contributed by atoms with Crippen molar-refractivity contribution in [2.75, 3.05) is 112 Å². The second-order valence-corrected chi connectivity index (χ2v) is 19.6. The van der Waals surface area contributed by atoms with Gasteiger partial charge in [0, 0.05) is 93.4 Å². The highest BCUT2D eigenvalue weighted by molar-refractivity contribution is 6.21. The summed E-state index contributed by atoms with van der Waals surface area (Å²) in [5, 5.41) is 0. The third-order valence-electron chi connectivity index (χ3n) is 12.2. The second-order valence-electron chi connectivity index (χ2n) is 19.6. The topological polar surface area (TPSA) is 318 Å². The first kappa shape index (κ1) is 73.7. The summed E-state index contributed by atoms with van der Waals surface area (Å²) in [6, 6.07) is 6.56. The maximum atomic E-state index is 12.1. The first-order chi connectivity index (χ1) is 40.9. The molecule has 474 valence electrons. The molecule has 4 heterocycles. The number of benzene rings is 1. The fraction of sp³-hybridized carbons (Fsp3) is 0.550. The lowest BCUT2D eigenvalue weighted by Crippen LogP contribution is -2.38. The zero-order valence-electron chi connectivity index (χ0n) is 49.9. The lowest BCUT2D eigenvalue weighted by atomic mass is 10.1. The normalized spacial score (nSPS) is 14.1. The summed E-state index contributed by atoms with van der Waals surface area (Å²) >= 11 is 0. The minimum atomic E-state index is -0.501. The van der Waals surface area contributed by atoms with E-state index in [1.54, 1.807) is 43.0 Å². The van der Waals surface area contributed by atoms with Gasteiger partial charge in [0.15, 0.2) is 0 Å². The second kappa shape index (κ2) is 41.6. The van der Waals surface area contributed by atoms with Gasteiger partial charge in [-0.3, -0.25) is 57.9 Å².